The molecule has 1 heterocycles. The van der Waals surface area contributed by atoms with Crippen molar-refractivity contribution in [2.24, 2.45) is 0 Å². The highest BCUT2D eigenvalue weighted by Gasteiger charge is 2.37. The fourth-order valence-corrected chi connectivity index (χ4v) is 1.78. The SMILES string of the molecule is CC(C)(C)OC(=O)/C=C1\CC(C(=O)O)N(C(=O)O)C1. The predicted molar refractivity (Wildman–Crippen MR) is 64.7 cm³/mol. The number of carbonyl (C=O) groups is 3. The second-order valence-corrected chi connectivity index (χ2v) is 5.30. The number of carboxylic acid groups (broad SMARTS) is 2. The summed E-state index contributed by atoms with van der Waals surface area (Å²) in [7, 11) is 0. The maximum Gasteiger partial charge on any atom is 0.408 e. The van der Waals surface area contributed by atoms with E-state index in [0.29, 0.717) is 5.57 Å². The van der Waals surface area contributed by atoms with E-state index in [4.69, 9.17) is 14.9 Å². The minimum absolute atomic E-state index is 0.000869. The molecule has 7 nitrogen and oxygen atoms in total. The maximum absolute atomic E-state index is 11.6. The minimum atomic E-state index is -1.32. The summed E-state index contributed by atoms with van der Waals surface area (Å²) >= 11 is 0. The Kier molecular flexibility index (Phi) is 4.18. The smallest absolute Gasteiger partial charge is 0.408 e. The van der Waals surface area contributed by atoms with Gasteiger partial charge in [0, 0.05) is 19.0 Å². The number of esters is 1. The van der Waals surface area contributed by atoms with Crippen molar-refractivity contribution < 1.29 is 29.3 Å². The molecular formula is C12H17NO6. The number of likely N-dealkylation sites (tertiary alicyclic amines) is 1. The van der Waals surface area contributed by atoms with Gasteiger partial charge in [-0.15, -0.1) is 0 Å². The van der Waals surface area contributed by atoms with Crippen molar-refractivity contribution in [1.82, 2.24) is 4.90 Å². The summed E-state index contributed by atoms with van der Waals surface area (Å²) in [5.74, 6) is -1.83. The van der Waals surface area contributed by atoms with Gasteiger partial charge in [-0.2, -0.15) is 0 Å². The predicted octanol–water partition coefficient (Wildman–Crippen LogP) is 1.09. The molecule has 0 aromatic carbocycles. The number of hydrogen-bond donors (Lipinski definition) is 2. The van der Waals surface area contributed by atoms with Gasteiger partial charge in [-0.3, -0.25) is 4.90 Å². The molecular weight excluding hydrogens is 254 g/mol. The first-order chi connectivity index (χ1) is 8.60. The molecule has 19 heavy (non-hydrogen) atoms. The monoisotopic (exact) mass is 271 g/mol. The summed E-state index contributed by atoms with van der Waals surface area (Å²) in [4.78, 5) is 34.2. The van der Waals surface area contributed by atoms with Crippen LogP contribution in [0.4, 0.5) is 4.79 Å². The Labute approximate surface area is 110 Å². The van der Waals surface area contributed by atoms with Crippen LogP contribution < -0.4 is 0 Å². The first-order valence-electron chi connectivity index (χ1n) is 5.75. The van der Waals surface area contributed by atoms with Crippen molar-refractivity contribution >= 4 is 18.0 Å². The minimum Gasteiger partial charge on any atom is -0.480 e. The first kappa shape index (κ1) is 15.0. The Morgan fingerprint density at radius 2 is 1.89 bits per heavy atom. The van der Waals surface area contributed by atoms with Crippen LogP contribution in [0.1, 0.15) is 27.2 Å². The lowest BCUT2D eigenvalue weighted by molar-refractivity contribution is -0.148. The summed E-state index contributed by atoms with van der Waals surface area (Å²) < 4.78 is 5.06. The van der Waals surface area contributed by atoms with E-state index in [2.05, 4.69) is 0 Å². The van der Waals surface area contributed by atoms with E-state index >= 15 is 0 Å². The maximum atomic E-state index is 11.6. The van der Waals surface area contributed by atoms with Gasteiger partial charge in [0.25, 0.3) is 0 Å². The van der Waals surface area contributed by atoms with E-state index in [0.717, 1.165) is 4.90 Å². The zero-order valence-electron chi connectivity index (χ0n) is 11.0. The third-order valence-corrected chi connectivity index (χ3v) is 2.46. The number of hydrogen-bond acceptors (Lipinski definition) is 4. The highest BCUT2D eigenvalue weighted by molar-refractivity contribution is 5.85. The van der Waals surface area contributed by atoms with Crippen molar-refractivity contribution in [1.29, 1.82) is 0 Å². The summed E-state index contributed by atoms with van der Waals surface area (Å²) in [5, 5.41) is 17.8. The molecule has 0 bridgehead atoms. The normalized spacial score (nSPS) is 21.5. The quantitative estimate of drug-likeness (QED) is 0.575. The molecule has 7 heteroatoms. The van der Waals surface area contributed by atoms with Crippen LogP contribution in [0, 0.1) is 0 Å². The summed E-state index contributed by atoms with van der Waals surface area (Å²) in [6.07, 6.45) is -0.148. The van der Waals surface area contributed by atoms with Crippen LogP contribution in [0.15, 0.2) is 11.6 Å². The zero-order chi connectivity index (χ0) is 14.8. The molecule has 1 atom stereocenters. The Morgan fingerprint density at radius 3 is 2.26 bits per heavy atom. The van der Waals surface area contributed by atoms with Crippen molar-refractivity contribution in [2.75, 3.05) is 6.54 Å². The summed E-state index contributed by atoms with van der Waals surface area (Å²) in [6.45, 7) is 5.04. The molecule has 2 N–H and O–H groups in total. The van der Waals surface area contributed by atoms with Gasteiger partial charge in [-0.25, -0.2) is 14.4 Å². The molecule has 0 saturated carbocycles. The topological polar surface area (TPSA) is 104 Å². The third kappa shape index (κ3) is 4.27. The van der Waals surface area contributed by atoms with Gasteiger partial charge < -0.3 is 14.9 Å². The third-order valence-electron chi connectivity index (χ3n) is 2.46. The van der Waals surface area contributed by atoms with Gasteiger partial charge in [-0.1, -0.05) is 0 Å². The molecule has 1 unspecified atom stereocenters. The highest BCUT2D eigenvalue weighted by Crippen LogP contribution is 2.23. The van der Waals surface area contributed by atoms with Gasteiger partial charge in [-0.05, 0) is 26.3 Å². The molecule has 1 fully saturated rings. The first-order valence-corrected chi connectivity index (χ1v) is 5.75. The standard InChI is InChI=1S/C12H17NO6/c1-12(2,3)19-9(14)5-7-4-8(10(15)16)13(6-7)11(17)18/h5,8H,4,6H2,1-3H3,(H,15,16)(H,17,18)/b7-5+. The van der Waals surface area contributed by atoms with Gasteiger partial charge in [0.2, 0.25) is 0 Å². The second-order valence-electron chi connectivity index (χ2n) is 5.30. The molecule has 1 rings (SSSR count). The number of rotatable bonds is 2. The van der Waals surface area contributed by atoms with Crippen LogP contribution in [0.5, 0.6) is 0 Å². The zero-order valence-corrected chi connectivity index (χ0v) is 11.0. The van der Waals surface area contributed by atoms with Crippen molar-refractivity contribution in [3.8, 4) is 0 Å². The number of aliphatic carboxylic acids is 1. The van der Waals surface area contributed by atoms with Gasteiger partial charge in [0.05, 0.1) is 0 Å². The van der Waals surface area contributed by atoms with Gasteiger partial charge in [0.15, 0.2) is 0 Å². The lowest BCUT2D eigenvalue weighted by Crippen LogP contribution is -2.39. The molecule has 1 aliphatic rings. The van der Waals surface area contributed by atoms with E-state index in [1.807, 2.05) is 0 Å². The van der Waals surface area contributed by atoms with Crippen LogP contribution in [0.2, 0.25) is 0 Å². The van der Waals surface area contributed by atoms with Crippen LogP contribution >= 0.6 is 0 Å². The number of carbonyl (C=O) groups excluding carboxylic acids is 1. The highest BCUT2D eigenvalue weighted by atomic mass is 16.6. The van der Waals surface area contributed by atoms with E-state index in [9.17, 15) is 14.4 Å². The second kappa shape index (κ2) is 5.29. The van der Waals surface area contributed by atoms with Crippen LogP contribution in [0.3, 0.4) is 0 Å². The molecule has 0 aliphatic carbocycles. The molecule has 0 aromatic rings. The number of amides is 1. The van der Waals surface area contributed by atoms with Crippen molar-refractivity contribution in [3.63, 3.8) is 0 Å². The molecule has 1 amide bonds. The molecule has 0 radical (unpaired) electrons. The van der Waals surface area contributed by atoms with Crippen molar-refractivity contribution in [2.45, 2.75) is 38.8 Å². The van der Waals surface area contributed by atoms with Crippen molar-refractivity contribution in [3.05, 3.63) is 11.6 Å². The van der Waals surface area contributed by atoms with Crippen LogP contribution in [-0.2, 0) is 14.3 Å². The van der Waals surface area contributed by atoms with E-state index in [1.165, 1.54) is 6.08 Å². The number of nitrogens with zero attached hydrogens (tertiary/aromatic N) is 1. The molecule has 0 aromatic heterocycles. The average Bonchev–Trinajstić information content (AvgIpc) is 2.58. The molecule has 1 saturated heterocycles. The lowest BCUT2D eigenvalue weighted by Gasteiger charge is -2.18. The van der Waals surface area contributed by atoms with E-state index in [-0.39, 0.29) is 13.0 Å². The Hall–Kier alpha value is -2.05. The Balaban J connectivity index is 2.79. The Bertz CT molecular complexity index is 410. The molecule has 1 aliphatic heterocycles. The number of ether oxygens (including phenoxy) is 1. The van der Waals surface area contributed by atoms with Crippen LogP contribution in [0.25, 0.3) is 0 Å². The fraction of sp³-hybridized carbons (Fsp3) is 0.583. The molecule has 0 spiro atoms. The van der Waals surface area contributed by atoms with Gasteiger partial charge >= 0.3 is 18.0 Å². The fourth-order valence-electron chi connectivity index (χ4n) is 1.78. The number of carboxylic acids is 1. The summed E-state index contributed by atoms with van der Waals surface area (Å²) in [6, 6.07) is -1.15. The van der Waals surface area contributed by atoms with Crippen LogP contribution in [-0.4, -0.2) is 51.3 Å². The largest absolute Gasteiger partial charge is 0.480 e. The average molecular weight is 271 g/mol. The van der Waals surface area contributed by atoms with E-state index < -0.39 is 29.7 Å². The van der Waals surface area contributed by atoms with E-state index in [1.54, 1.807) is 20.8 Å². The van der Waals surface area contributed by atoms with Gasteiger partial charge in [0.1, 0.15) is 11.6 Å². The Morgan fingerprint density at radius 1 is 1.32 bits per heavy atom. The summed E-state index contributed by atoms with van der Waals surface area (Å²) in [5.41, 5.74) is -0.213. The lowest BCUT2D eigenvalue weighted by atomic mass is 10.1. The molecule has 106 valence electrons.